The average molecular weight is 336 g/mol. The van der Waals surface area contributed by atoms with Gasteiger partial charge in [-0.25, -0.2) is 4.68 Å². The van der Waals surface area contributed by atoms with Crippen LogP contribution in [0.3, 0.4) is 0 Å². The second-order valence-electron chi connectivity index (χ2n) is 5.95. The van der Waals surface area contributed by atoms with Crippen LogP contribution in [0.15, 0.2) is 47.3 Å². The lowest BCUT2D eigenvalue weighted by atomic mass is 10.1. The Morgan fingerprint density at radius 2 is 2.00 bits per heavy atom. The Morgan fingerprint density at radius 1 is 1.20 bits per heavy atom. The number of nitrogens with zero attached hydrogens (tertiary/aromatic N) is 4. The summed E-state index contributed by atoms with van der Waals surface area (Å²) < 4.78 is 1.13. The molecule has 0 bridgehead atoms. The van der Waals surface area contributed by atoms with Crippen molar-refractivity contribution in [2.24, 2.45) is 0 Å². The number of amides is 1. The highest BCUT2D eigenvalue weighted by Crippen LogP contribution is 2.38. The van der Waals surface area contributed by atoms with Crippen molar-refractivity contribution in [2.45, 2.75) is 25.3 Å². The molecule has 25 heavy (non-hydrogen) atoms. The number of aromatic amines is 1. The molecule has 0 unspecified atom stereocenters. The molecule has 4 rings (SSSR count). The van der Waals surface area contributed by atoms with Gasteiger partial charge < -0.3 is 0 Å². The summed E-state index contributed by atoms with van der Waals surface area (Å²) in [6.45, 7) is -0.202. The molecule has 2 N–H and O–H groups in total. The highest BCUT2D eigenvalue weighted by atomic mass is 16.2. The van der Waals surface area contributed by atoms with Crippen LogP contribution >= 0.6 is 0 Å². The van der Waals surface area contributed by atoms with Crippen LogP contribution in [-0.2, 0) is 11.3 Å². The van der Waals surface area contributed by atoms with E-state index in [0.717, 1.165) is 28.9 Å². The fraction of sp³-hybridized carbons (Fsp3) is 0.235. The third kappa shape index (κ3) is 3.47. The molecule has 2 aromatic heterocycles. The Labute approximate surface area is 142 Å². The molecule has 3 aromatic rings. The van der Waals surface area contributed by atoms with Crippen LogP contribution in [0.2, 0.25) is 0 Å². The van der Waals surface area contributed by atoms with Crippen molar-refractivity contribution in [1.82, 2.24) is 25.0 Å². The number of H-pyrrole nitrogens is 1. The van der Waals surface area contributed by atoms with Gasteiger partial charge in [0.25, 0.3) is 5.56 Å². The Balaban J connectivity index is 1.49. The first kappa shape index (κ1) is 15.3. The van der Waals surface area contributed by atoms with Crippen molar-refractivity contribution in [3.63, 3.8) is 0 Å². The van der Waals surface area contributed by atoms with Crippen LogP contribution in [0.5, 0.6) is 0 Å². The molecular weight excluding hydrogens is 320 g/mol. The number of nitrogens with one attached hydrogen (secondary N) is 2. The summed E-state index contributed by atoms with van der Waals surface area (Å²) in [6, 6.07) is 12.5. The van der Waals surface area contributed by atoms with Gasteiger partial charge in [-0.05, 0) is 18.9 Å². The lowest BCUT2D eigenvalue weighted by Gasteiger charge is -2.06. The minimum Gasteiger partial charge on any atom is -0.292 e. The number of carbonyl (C=O) groups is 1. The van der Waals surface area contributed by atoms with Gasteiger partial charge >= 0.3 is 0 Å². The van der Waals surface area contributed by atoms with E-state index in [1.165, 1.54) is 6.07 Å². The molecule has 8 heteroatoms. The standard InChI is InChI=1S/C17H16N6O2/c24-14(18-17-19-16(20-21-17)12-6-7-12)10-23-15(25)9-8-13(22-23)11-4-2-1-3-5-11/h1-5,8-9,12H,6-7,10H2,(H2,18,19,20,21,24). The molecule has 1 saturated carbocycles. The molecule has 0 spiro atoms. The van der Waals surface area contributed by atoms with Crippen LogP contribution in [0, 0.1) is 0 Å². The van der Waals surface area contributed by atoms with Crippen molar-refractivity contribution in [1.29, 1.82) is 0 Å². The smallest absolute Gasteiger partial charge is 0.267 e. The van der Waals surface area contributed by atoms with E-state index >= 15 is 0 Å². The van der Waals surface area contributed by atoms with Crippen molar-refractivity contribution in [3.05, 3.63) is 58.6 Å². The maximum absolute atomic E-state index is 12.2. The van der Waals surface area contributed by atoms with E-state index in [2.05, 4.69) is 25.6 Å². The van der Waals surface area contributed by atoms with Crippen molar-refractivity contribution in [2.75, 3.05) is 5.32 Å². The predicted octanol–water partition coefficient (Wildman–Crippen LogP) is 1.54. The first-order chi connectivity index (χ1) is 12.2. The molecule has 0 aliphatic heterocycles. The van der Waals surface area contributed by atoms with Crippen LogP contribution in [0.4, 0.5) is 5.95 Å². The van der Waals surface area contributed by atoms with Crippen molar-refractivity contribution in [3.8, 4) is 11.3 Å². The quantitative estimate of drug-likeness (QED) is 0.735. The summed E-state index contributed by atoms with van der Waals surface area (Å²) in [5.41, 5.74) is 1.16. The summed E-state index contributed by atoms with van der Waals surface area (Å²) >= 11 is 0. The minimum absolute atomic E-state index is 0.202. The van der Waals surface area contributed by atoms with E-state index in [0.29, 0.717) is 11.6 Å². The zero-order valence-corrected chi connectivity index (χ0v) is 13.3. The second-order valence-corrected chi connectivity index (χ2v) is 5.95. The molecule has 1 aliphatic carbocycles. The van der Waals surface area contributed by atoms with Crippen LogP contribution in [0.1, 0.15) is 24.6 Å². The maximum Gasteiger partial charge on any atom is 0.267 e. The number of hydrogen-bond acceptors (Lipinski definition) is 5. The lowest BCUT2D eigenvalue weighted by Crippen LogP contribution is -2.29. The van der Waals surface area contributed by atoms with Gasteiger partial charge in [-0.2, -0.15) is 10.1 Å². The molecule has 0 saturated heterocycles. The molecular formula is C17H16N6O2. The van der Waals surface area contributed by atoms with Crippen LogP contribution in [0.25, 0.3) is 11.3 Å². The molecule has 2 heterocycles. The van der Waals surface area contributed by atoms with E-state index in [1.807, 2.05) is 30.3 Å². The Hall–Kier alpha value is -3.29. The first-order valence-corrected chi connectivity index (χ1v) is 8.05. The lowest BCUT2D eigenvalue weighted by molar-refractivity contribution is -0.117. The largest absolute Gasteiger partial charge is 0.292 e. The third-order valence-corrected chi connectivity index (χ3v) is 3.95. The fourth-order valence-corrected chi connectivity index (χ4v) is 2.49. The summed E-state index contributed by atoms with van der Waals surface area (Å²) in [6.07, 6.45) is 2.18. The van der Waals surface area contributed by atoms with Gasteiger partial charge in [0.1, 0.15) is 12.4 Å². The molecule has 0 radical (unpaired) electrons. The van der Waals surface area contributed by atoms with Gasteiger partial charge in [0.15, 0.2) is 0 Å². The highest BCUT2D eigenvalue weighted by molar-refractivity contribution is 5.88. The first-order valence-electron chi connectivity index (χ1n) is 8.05. The van der Waals surface area contributed by atoms with Crippen LogP contribution < -0.4 is 10.9 Å². The zero-order chi connectivity index (χ0) is 17.2. The summed E-state index contributed by atoms with van der Waals surface area (Å²) in [4.78, 5) is 28.4. The van der Waals surface area contributed by atoms with E-state index < -0.39 is 5.91 Å². The van der Waals surface area contributed by atoms with Gasteiger partial charge in [0.2, 0.25) is 11.9 Å². The van der Waals surface area contributed by atoms with Crippen LogP contribution in [-0.4, -0.2) is 30.9 Å². The monoisotopic (exact) mass is 336 g/mol. The summed E-state index contributed by atoms with van der Waals surface area (Å²) in [5, 5.41) is 13.6. The van der Waals surface area contributed by atoms with Gasteiger partial charge in [-0.1, -0.05) is 30.3 Å². The Morgan fingerprint density at radius 3 is 2.76 bits per heavy atom. The molecule has 0 atom stereocenters. The van der Waals surface area contributed by atoms with Crippen molar-refractivity contribution < 1.29 is 4.79 Å². The number of rotatable bonds is 5. The molecule has 8 nitrogen and oxygen atoms in total. The molecule has 126 valence electrons. The Bertz CT molecular complexity index is 959. The number of carbonyl (C=O) groups excluding carboxylic acids is 1. The van der Waals surface area contributed by atoms with Gasteiger partial charge in [-0.15, -0.1) is 5.10 Å². The second kappa shape index (κ2) is 6.31. The molecule has 1 aromatic carbocycles. The van der Waals surface area contributed by atoms with E-state index in [1.54, 1.807) is 6.07 Å². The third-order valence-electron chi connectivity index (χ3n) is 3.95. The Kier molecular flexibility index (Phi) is 3.85. The SMILES string of the molecule is O=C(Cn1nc(-c2ccccc2)ccc1=O)Nc1n[nH]c(C2CC2)n1. The van der Waals surface area contributed by atoms with E-state index in [9.17, 15) is 9.59 Å². The highest BCUT2D eigenvalue weighted by Gasteiger charge is 2.27. The topological polar surface area (TPSA) is 106 Å². The van der Waals surface area contributed by atoms with Gasteiger partial charge in [0, 0.05) is 17.5 Å². The zero-order valence-electron chi connectivity index (χ0n) is 13.3. The molecule has 1 amide bonds. The minimum atomic E-state index is -0.402. The maximum atomic E-state index is 12.2. The average Bonchev–Trinajstić information content (AvgIpc) is 3.37. The fourth-order valence-electron chi connectivity index (χ4n) is 2.49. The number of hydrogen-bond donors (Lipinski definition) is 2. The summed E-state index contributed by atoms with van der Waals surface area (Å²) in [5.74, 6) is 1.03. The van der Waals surface area contributed by atoms with Crippen molar-refractivity contribution >= 4 is 11.9 Å². The number of aromatic nitrogens is 5. The van der Waals surface area contributed by atoms with Gasteiger partial charge in [-0.3, -0.25) is 20.0 Å². The molecule has 1 aliphatic rings. The van der Waals surface area contributed by atoms with Gasteiger partial charge in [0.05, 0.1) is 5.69 Å². The number of anilines is 1. The predicted molar refractivity (Wildman–Crippen MR) is 90.9 cm³/mol. The summed E-state index contributed by atoms with van der Waals surface area (Å²) in [7, 11) is 0. The molecule has 1 fully saturated rings. The van der Waals surface area contributed by atoms with E-state index in [-0.39, 0.29) is 18.1 Å². The van der Waals surface area contributed by atoms with E-state index in [4.69, 9.17) is 0 Å². The normalized spacial score (nSPS) is 13.6. The number of benzene rings is 1.